The highest BCUT2D eigenvalue weighted by atomic mass is 32.1. The van der Waals surface area contributed by atoms with E-state index < -0.39 is 23.6 Å². The monoisotopic (exact) mass is 740 g/mol. The molecule has 4 heterocycles. The van der Waals surface area contributed by atoms with Crippen LogP contribution in [0.5, 0.6) is 0 Å². The largest absolute Gasteiger partial charge is 0.268 e. The number of carbonyl (C=O) groups is 4. The summed E-state index contributed by atoms with van der Waals surface area (Å²) in [5, 5.41) is 4.57. The topological polar surface area (TPSA) is 74.8 Å². The molecular formula is C45H44N2O4S2. The lowest BCUT2D eigenvalue weighted by Gasteiger charge is -2.37. The number of carbonyl (C=O) groups excluding carboxylic acids is 4. The van der Waals surface area contributed by atoms with Crippen LogP contribution in [0.4, 0.5) is 5.69 Å². The highest BCUT2D eigenvalue weighted by Crippen LogP contribution is 2.50. The predicted octanol–water partition coefficient (Wildman–Crippen LogP) is 12.1. The van der Waals surface area contributed by atoms with Crippen LogP contribution in [-0.4, -0.2) is 28.5 Å². The number of benzene rings is 3. The van der Waals surface area contributed by atoms with Gasteiger partial charge in [0.25, 0.3) is 23.6 Å². The molecule has 270 valence electrons. The van der Waals surface area contributed by atoms with Gasteiger partial charge in [-0.2, -0.15) is 0 Å². The minimum Gasteiger partial charge on any atom is -0.268 e. The highest BCUT2D eigenvalue weighted by Gasteiger charge is 2.46. The number of nitrogens with zero attached hydrogens (tertiary/aromatic N) is 2. The Morgan fingerprint density at radius 2 is 1.09 bits per heavy atom. The molecule has 0 fully saturated rings. The average Bonchev–Trinajstić information content (AvgIpc) is 3.86. The summed E-state index contributed by atoms with van der Waals surface area (Å²) in [5.74, 6) is -1.87. The van der Waals surface area contributed by atoms with E-state index >= 15 is 19.2 Å². The Kier molecular flexibility index (Phi) is 9.28. The standard InChI is InChI=1S/C45H44N2O4S2/c1-22(2)26(9)40(27(10)23(3)4)46-42(48)32-20-31(35-17-13-19-53-35)39-37-33(21-30(34-16-12-18-52-34)38(36(32)37)44(46)50)43(49)47(45(39)51)41-28(24(5)6)14-11-15-29(41)25(7)8/h11-25H,9H2,1-8,10H3/b40-27+. The number of thiophene rings is 2. The Bertz CT molecular complexity index is 2380. The van der Waals surface area contributed by atoms with Crippen molar-refractivity contribution >= 4 is 62.8 Å². The van der Waals surface area contributed by atoms with Gasteiger partial charge in [0.05, 0.1) is 22.5 Å². The molecule has 0 aliphatic carbocycles. The summed E-state index contributed by atoms with van der Waals surface area (Å²) in [5.41, 5.74) is 6.81. The normalized spacial score (nSPS) is 14.9. The Balaban J connectivity index is 1.64. The van der Waals surface area contributed by atoms with E-state index in [9.17, 15) is 0 Å². The fraction of sp³-hybridized carbons (Fsp3) is 0.289. The number of allylic oxidation sites excluding steroid dienone is 2. The third-order valence-electron chi connectivity index (χ3n) is 10.7. The number of hydrogen-bond acceptors (Lipinski definition) is 6. The molecule has 4 amide bonds. The summed E-state index contributed by atoms with van der Waals surface area (Å²) in [4.78, 5) is 65.0. The number of rotatable bonds is 9. The molecule has 0 saturated heterocycles. The summed E-state index contributed by atoms with van der Waals surface area (Å²) in [6, 6.07) is 17.2. The minimum atomic E-state index is -0.493. The minimum absolute atomic E-state index is 0.0258. The van der Waals surface area contributed by atoms with Crippen LogP contribution in [0.2, 0.25) is 0 Å². The molecule has 0 spiro atoms. The van der Waals surface area contributed by atoms with E-state index in [-0.39, 0.29) is 29.2 Å². The predicted molar refractivity (Wildman–Crippen MR) is 218 cm³/mol. The second-order valence-corrected chi connectivity index (χ2v) is 17.1. The van der Waals surface area contributed by atoms with Gasteiger partial charge < -0.3 is 0 Å². The van der Waals surface area contributed by atoms with Gasteiger partial charge in [0.1, 0.15) is 0 Å². The molecule has 53 heavy (non-hydrogen) atoms. The second-order valence-electron chi connectivity index (χ2n) is 15.3. The molecule has 2 aliphatic rings. The number of amides is 4. The van der Waals surface area contributed by atoms with Gasteiger partial charge in [0, 0.05) is 42.8 Å². The smallest absolute Gasteiger partial charge is 0.266 e. The highest BCUT2D eigenvalue weighted by molar-refractivity contribution is 7.14. The van der Waals surface area contributed by atoms with Crippen molar-refractivity contribution < 1.29 is 19.2 Å². The zero-order valence-electron chi connectivity index (χ0n) is 31.7. The van der Waals surface area contributed by atoms with Crippen LogP contribution < -0.4 is 4.90 Å². The second kappa shape index (κ2) is 13.5. The van der Waals surface area contributed by atoms with Crippen LogP contribution in [0.25, 0.3) is 31.7 Å². The summed E-state index contributed by atoms with van der Waals surface area (Å²) < 4.78 is 0. The fourth-order valence-electron chi connectivity index (χ4n) is 7.61. The van der Waals surface area contributed by atoms with Crippen LogP contribution in [0.1, 0.15) is 127 Å². The summed E-state index contributed by atoms with van der Waals surface area (Å²) in [7, 11) is 0. The Morgan fingerprint density at radius 3 is 1.53 bits per heavy atom. The fourth-order valence-corrected chi connectivity index (χ4v) is 9.11. The van der Waals surface area contributed by atoms with E-state index in [0.29, 0.717) is 55.5 Å². The summed E-state index contributed by atoms with van der Waals surface area (Å²) in [6.07, 6.45) is 0. The van der Waals surface area contributed by atoms with E-state index in [2.05, 4.69) is 34.3 Å². The van der Waals surface area contributed by atoms with E-state index in [1.807, 2.05) is 87.8 Å². The first-order valence-electron chi connectivity index (χ1n) is 18.2. The van der Waals surface area contributed by atoms with Gasteiger partial charge in [0.2, 0.25) is 0 Å². The number of para-hydroxylation sites is 1. The quantitative estimate of drug-likeness (QED) is 0.111. The molecule has 7 rings (SSSR count). The lowest BCUT2D eigenvalue weighted by molar-refractivity contribution is 0.0660. The first-order chi connectivity index (χ1) is 25.2. The zero-order chi connectivity index (χ0) is 38.2. The van der Waals surface area contributed by atoms with Gasteiger partial charge in [-0.1, -0.05) is 92.3 Å². The maximum absolute atomic E-state index is 15.3. The molecule has 0 saturated carbocycles. The van der Waals surface area contributed by atoms with E-state index in [1.165, 1.54) is 32.5 Å². The van der Waals surface area contributed by atoms with Gasteiger partial charge in [-0.25, -0.2) is 9.80 Å². The van der Waals surface area contributed by atoms with E-state index in [1.54, 1.807) is 12.1 Å². The molecule has 0 radical (unpaired) electrons. The number of anilines is 1. The molecule has 0 N–H and O–H groups in total. The van der Waals surface area contributed by atoms with Gasteiger partial charge >= 0.3 is 0 Å². The molecule has 2 aromatic heterocycles. The summed E-state index contributed by atoms with van der Waals surface area (Å²) >= 11 is 2.92. The van der Waals surface area contributed by atoms with Crippen LogP contribution in [0.15, 0.2) is 88.8 Å². The lowest BCUT2D eigenvalue weighted by atomic mass is 9.79. The third-order valence-corrected chi connectivity index (χ3v) is 12.5. The third kappa shape index (κ3) is 5.57. The van der Waals surface area contributed by atoms with Crippen molar-refractivity contribution in [3.05, 3.63) is 122 Å². The molecule has 0 atom stereocenters. The Morgan fingerprint density at radius 1 is 0.604 bits per heavy atom. The van der Waals surface area contributed by atoms with Crippen molar-refractivity contribution in [3.8, 4) is 20.9 Å². The van der Waals surface area contributed by atoms with Gasteiger partial charge in [-0.15, -0.1) is 22.7 Å². The first-order valence-corrected chi connectivity index (χ1v) is 20.0. The van der Waals surface area contributed by atoms with Crippen molar-refractivity contribution in [2.45, 2.75) is 74.1 Å². The Hall–Kier alpha value is -4.92. The van der Waals surface area contributed by atoms with Crippen LogP contribution >= 0.6 is 22.7 Å². The zero-order valence-corrected chi connectivity index (χ0v) is 33.3. The van der Waals surface area contributed by atoms with E-state index in [0.717, 1.165) is 26.5 Å². The lowest BCUT2D eigenvalue weighted by Crippen LogP contribution is -2.45. The number of imide groups is 2. The van der Waals surface area contributed by atoms with Gasteiger partial charge in [-0.05, 0) is 87.9 Å². The van der Waals surface area contributed by atoms with Crippen molar-refractivity contribution in [1.82, 2.24) is 4.90 Å². The van der Waals surface area contributed by atoms with Crippen molar-refractivity contribution in [2.24, 2.45) is 11.8 Å². The molecule has 6 nitrogen and oxygen atoms in total. The average molecular weight is 741 g/mol. The molecule has 0 unspecified atom stereocenters. The molecule has 2 aliphatic heterocycles. The molecule has 5 aromatic rings. The van der Waals surface area contributed by atoms with Crippen molar-refractivity contribution in [1.29, 1.82) is 0 Å². The van der Waals surface area contributed by atoms with Crippen molar-refractivity contribution in [2.75, 3.05) is 4.90 Å². The Labute approximate surface area is 319 Å². The first kappa shape index (κ1) is 36.4. The van der Waals surface area contributed by atoms with Crippen LogP contribution in [0, 0.1) is 11.8 Å². The molecule has 0 bridgehead atoms. The van der Waals surface area contributed by atoms with Gasteiger partial charge in [-0.3, -0.25) is 19.2 Å². The van der Waals surface area contributed by atoms with Crippen LogP contribution in [0.3, 0.4) is 0 Å². The molecule has 8 heteroatoms. The van der Waals surface area contributed by atoms with Crippen molar-refractivity contribution in [3.63, 3.8) is 0 Å². The molecule has 3 aromatic carbocycles. The maximum atomic E-state index is 15.3. The summed E-state index contributed by atoms with van der Waals surface area (Å²) in [6.45, 7) is 22.7. The van der Waals surface area contributed by atoms with E-state index in [4.69, 9.17) is 0 Å². The maximum Gasteiger partial charge on any atom is 0.266 e. The number of hydrogen-bond donors (Lipinski definition) is 0. The SMILES string of the molecule is C=C(/C(=C(/C)C(C)C)N1C(=O)c2cc(-c3cccs3)c3c4c(cc(-c5cccs5)c(c24)C1=O)C(=O)N(c1c(C(C)C)cccc1C(C)C)C3=O)C(C)C. The van der Waals surface area contributed by atoms with Crippen LogP contribution in [-0.2, 0) is 0 Å². The molecular weight excluding hydrogens is 697 g/mol. The van der Waals surface area contributed by atoms with Gasteiger partial charge in [0.15, 0.2) is 0 Å².